The summed E-state index contributed by atoms with van der Waals surface area (Å²) in [6, 6.07) is 14.0. The van der Waals surface area contributed by atoms with Crippen LogP contribution >= 0.6 is 11.8 Å². The number of urea groups is 1. The van der Waals surface area contributed by atoms with Gasteiger partial charge in [-0.2, -0.15) is 26.9 Å². The van der Waals surface area contributed by atoms with Gasteiger partial charge in [0.1, 0.15) is 18.8 Å². The molecule has 0 radical (unpaired) electrons. The summed E-state index contributed by atoms with van der Waals surface area (Å²) in [5.41, 5.74) is 3.93. The normalized spacial score (nSPS) is 14.5. The van der Waals surface area contributed by atoms with Crippen LogP contribution in [0, 0.1) is 13.8 Å². The van der Waals surface area contributed by atoms with E-state index in [0.717, 1.165) is 29.5 Å². The molecule has 1 saturated heterocycles. The Hall–Kier alpha value is -4.90. The van der Waals surface area contributed by atoms with Crippen molar-refractivity contribution in [1.82, 2.24) is 14.8 Å². The zero-order valence-electron chi connectivity index (χ0n) is 25.2. The summed E-state index contributed by atoms with van der Waals surface area (Å²) in [5, 5.41) is 7.22. The average Bonchev–Trinajstić information content (AvgIpc) is 3.66. The number of thioether (sulfide) groups is 1. The summed E-state index contributed by atoms with van der Waals surface area (Å²) in [6.45, 7) is 2.91. The fourth-order valence-electron chi connectivity index (χ4n) is 4.49. The fourth-order valence-corrected chi connectivity index (χ4v) is 5.35. The first-order valence-corrected chi connectivity index (χ1v) is 15.1. The van der Waals surface area contributed by atoms with E-state index in [-0.39, 0.29) is 35.9 Å². The number of amidine groups is 1. The first-order chi connectivity index (χ1) is 22.8. The maximum Gasteiger partial charge on any atom is 0.499 e. The van der Waals surface area contributed by atoms with Crippen LogP contribution in [0.25, 0.3) is 17.1 Å². The predicted molar refractivity (Wildman–Crippen MR) is 166 cm³/mol. The number of aryl methyl sites for hydroxylation is 2. The van der Waals surface area contributed by atoms with E-state index < -0.39 is 30.7 Å². The summed E-state index contributed by atoms with van der Waals surface area (Å²) >= 11 is 1.10. The van der Waals surface area contributed by atoms with E-state index in [2.05, 4.69) is 25.1 Å². The molecule has 1 fully saturated rings. The topological polar surface area (TPSA) is 111 Å². The molecular formula is C31H26F6N6O4S. The maximum absolute atomic E-state index is 13.2. The Kier molecular flexibility index (Phi) is 10.1. The number of alkyl halides is 6. The summed E-state index contributed by atoms with van der Waals surface area (Å²) < 4.78 is 86.6. The van der Waals surface area contributed by atoms with E-state index >= 15 is 0 Å². The lowest BCUT2D eigenvalue weighted by atomic mass is 10.1. The molecule has 1 aliphatic heterocycles. The van der Waals surface area contributed by atoms with Crippen LogP contribution in [0.15, 0.2) is 72.0 Å². The van der Waals surface area contributed by atoms with Crippen molar-refractivity contribution in [3.05, 3.63) is 83.7 Å². The van der Waals surface area contributed by atoms with Crippen LogP contribution in [0.1, 0.15) is 16.7 Å². The second kappa shape index (κ2) is 14.1. The number of hydrogen-bond donors (Lipinski definition) is 1. The van der Waals surface area contributed by atoms with Gasteiger partial charge in [-0.1, -0.05) is 23.9 Å². The van der Waals surface area contributed by atoms with E-state index in [9.17, 15) is 35.9 Å². The van der Waals surface area contributed by atoms with Crippen LogP contribution < -0.4 is 15.0 Å². The van der Waals surface area contributed by atoms with E-state index in [4.69, 9.17) is 4.74 Å². The van der Waals surface area contributed by atoms with Crippen LogP contribution in [0.3, 0.4) is 0 Å². The highest BCUT2D eigenvalue weighted by Gasteiger charge is 2.61. The molecule has 2 heterocycles. The molecule has 1 aliphatic rings. The van der Waals surface area contributed by atoms with E-state index in [1.807, 2.05) is 13.0 Å². The molecule has 0 atom stereocenters. The zero-order valence-corrected chi connectivity index (χ0v) is 26.0. The van der Waals surface area contributed by atoms with Gasteiger partial charge in [-0.3, -0.25) is 9.69 Å². The number of rotatable bonds is 10. The second-order valence-electron chi connectivity index (χ2n) is 10.4. The van der Waals surface area contributed by atoms with Gasteiger partial charge in [0, 0.05) is 16.8 Å². The van der Waals surface area contributed by atoms with Crippen LogP contribution in [-0.2, 0) is 16.1 Å². The van der Waals surface area contributed by atoms with Crippen LogP contribution in [0.4, 0.5) is 42.5 Å². The smallest absolute Gasteiger partial charge is 0.426 e. The van der Waals surface area contributed by atoms with Crippen molar-refractivity contribution in [2.45, 2.75) is 32.7 Å². The number of hydrogen-bond acceptors (Lipinski definition) is 7. The third kappa shape index (κ3) is 7.79. The molecule has 3 amide bonds. The third-order valence-corrected chi connectivity index (χ3v) is 7.74. The molecule has 0 bridgehead atoms. The molecule has 17 heteroatoms. The molecular weight excluding hydrogens is 666 g/mol. The lowest BCUT2D eigenvalue weighted by Gasteiger charge is -2.20. The number of aliphatic imine (C=N–C) groups is 1. The Morgan fingerprint density at radius 2 is 1.79 bits per heavy atom. The first-order valence-electron chi connectivity index (χ1n) is 14.1. The van der Waals surface area contributed by atoms with Gasteiger partial charge in [-0.15, -0.1) is 5.10 Å². The average molecular weight is 693 g/mol. The number of ether oxygens (including phenoxy) is 2. The van der Waals surface area contributed by atoms with Crippen LogP contribution in [0.2, 0.25) is 0 Å². The first kappa shape index (κ1) is 34.4. The highest BCUT2D eigenvalue weighted by molar-refractivity contribution is 8.15. The SMILES string of the molecule is Cc1ccc(COCCF)c(N2C(=O)CS/C2=N\C(=O)Nc2ccc(-c3ncn(-c4ccc(OC(F)(F)C(F)(F)F)cc4)n3)cc2C)c1. The Bertz CT molecular complexity index is 1850. The van der Waals surface area contributed by atoms with Crippen molar-refractivity contribution >= 4 is 40.2 Å². The Balaban J connectivity index is 1.28. The highest BCUT2D eigenvalue weighted by atomic mass is 32.2. The van der Waals surface area contributed by atoms with E-state index in [1.54, 1.807) is 37.3 Å². The Morgan fingerprint density at radius 1 is 1.04 bits per heavy atom. The molecule has 48 heavy (non-hydrogen) atoms. The Morgan fingerprint density at radius 3 is 2.48 bits per heavy atom. The number of nitrogens with one attached hydrogen (secondary N) is 1. The fraction of sp³-hybridized carbons (Fsp3) is 0.258. The molecule has 0 spiro atoms. The number of carbonyl (C=O) groups excluding carboxylic acids is 2. The molecule has 10 nitrogen and oxygen atoms in total. The molecule has 0 unspecified atom stereocenters. The van der Waals surface area contributed by atoms with Gasteiger partial charge in [0.15, 0.2) is 11.0 Å². The molecule has 252 valence electrons. The summed E-state index contributed by atoms with van der Waals surface area (Å²) in [5.74, 6) is -0.625. The maximum atomic E-state index is 13.2. The van der Waals surface area contributed by atoms with Crippen molar-refractivity contribution in [2.75, 3.05) is 29.3 Å². The van der Waals surface area contributed by atoms with E-state index in [0.29, 0.717) is 33.8 Å². The van der Waals surface area contributed by atoms with Gasteiger partial charge in [-0.25, -0.2) is 18.9 Å². The number of nitrogens with zero attached hydrogens (tertiary/aromatic N) is 5. The zero-order chi connectivity index (χ0) is 34.6. The Labute approximate surface area is 273 Å². The van der Waals surface area contributed by atoms with E-state index in [1.165, 1.54) is 28.0 Å². The third-order valence-electron chi connectivity index (χ3n) is 6.82. The lowest BCUT2D eigenvalue weighted by Crippen LogP contribution is -2.41. The second-order valence-corrected chi connectivity index (χ2v) is 11.3. The minimum Gasteiger partial charge on any atom is -0.426 e. The van der Waals surface area contributed by atoms with Crippen molar-refractivity contribution < 1.29 is 45.4 Å². The largest absolute Gasteiger partial charge is 0.499 e. The number of aromatic nitrogens is 3. The predicted octanol–water partition coefficient (Wildman–Crippen LogP) is 7.24. The van der Waals surface area contributed by atoms with Crippen molar-refractivity contribution in [3.8, 4) is 22.8 Å². The standard InChI is InChI=1S/C31H26F6N6O4S/c1-18-3-4-21(15-46-12-11-32)25(13-18)43-26(44)16-48-29(43)40-28(45)39-24-10-5-20(14-19(24)2)27-38-17-42(41-27)22-6-8-23(9-7-22)47-31(36,37)30(33,34)35/h3-10,13-14,17H,11-12,15-16H2,1-2H3,(H,39,45)/b40-29-. The van der Waals surface area contributed by atoms with Crippen LogP contribution in [-0.4, -0.2) is 63.2 Å². The quantitative estimate of drug-likeness (QED) is 0.138. The molecule has 1 N–H and O–H groups in total. The van der Waals surface area contributed by atoms with Crippen molar-refractivity contribution in [1.29, 1.82) is 0 Å². The van der Waals surface area contributed by atoms with Gasteiger partial charge < -0.3 is 14.8 Å². The lowest BCUT2D eigenvalue weighted by molar-refractivity contribution is -0.360. The number of anilines is 2. The number of halogens is 6. The minimum atomic E-state index is -5.87. The highest BCUT2D eigenvalue weighted by Crippen LogP contribution is 2.37. The van der Waals surface area contributed by atoms with Gasteiger partial charge in [0.2, 0.25) is 5.91 Å². The number of benzene rings is 3. The van der Waals surface area contributed by atoms with Crippen molar-refractivity contribution in [2.24, 2.45) is 4.99 Å². The van der Waals surface area contributed by atoms with Gasteiger partial charge in [-0.05, 0) is 73.5 Å². The molecule has 3 aromatic carbocycles. The molecule has 5 rings (SSSR count). The monoisotopic (exact) mass is 692 g/mol. The molecule has 0 saturated carbocycles. The van der Waals surface area contributed by atoms with Crippen molar-refractivity contribution in [3.63, 3.8) is 0 Å². The van der Waals surface area contributed by atoms with Gasteiger partial charge >= 0.3 is 18.3 Å². The van der Waals surface area contributed by atoms with Gasteiger partial charge in [0.25, 0.3) is 0 Å². The summed E-state index contributed by atoms with van der Waals surface area (Å²) in [7, 11) is 0. The van der Waals surface area contributed by atoms with Gasteiger partial charge in [0.05, 0.1) is 30.3 Å². The molecule has 4 aromatic rings. The number of carbonyl (C=O) groups is 2. The molecule has 0 aliphatic carbocycles. The number of amides is 3. The summed E-state index contributed by atoms with van der Waals surface area (Å²) in [6.07, 6.45) is -9.89. The van der Waals surface area contributed by atoms with Crippen LogP contribution in [0.5, 0.6) is 5.75 Å². The minimum absolute atomic E-state index is 0.0696. The summed E-state index contributed by atoms with van der Waals surface area (Å²) in [4.78, 5) is 35.5. The molecule has 1 aromatic heterocycles.